The molecule has 84 valence electrons. The topological polar surface area (TPSA) is 41.1 Å². The zero-order valence-electron chi connectivity index (χ0n) is 7.60. The van der Waals surface area contributed by atoms with Crippen LogP contribution in [0.3, 0.4) is 0 Å². The Bertz CT molecular complexity index is 310. The summed E-state index contributed by atoms with van der Waals surface area (Å²) in [5, 5.41) is 8.02. The molecular weight excluding hydrogens is 229 g/mol. The summed E-state index contributed by atoms with van der Waals surface area (Å²) in [7, 11) is 0. The van der Waals surface area contributed by atoms with Crippen LogP contribution >= 0.6 is 11.3 Å². The average Bonchev–Trinajstić information content (AvgIpc) is 2.62. The molecule has 3 nitrogen and oxygen atoms in total. The van der Waals surface area contributed by atoms with Crippen LogP contribution in [0.4, 0.5) is 18.9 Å². The summed E-state index contributed by atoms with van der Waals surface area (Å²) in [6, 6.07) is 1.74. The molecule has 1 aromatic heterocycles. The molecule has 2 N–H and O–H groups in total. The SMILES string of the molecule is O=C(CNc1ccsc1)NCC(F)(F)F. The highest BCUT2D eigenvalue weighted by atomic mass is 32.1. The number of hydrogen-bond acceptors (Lipinski definition) is 3. The van der Waals surface area contributed by atoms with Gasteiger partial charge in [0, 0.05) is 11.1 Å². The third kappa shape index (κ3) is 5.26. The van der Waals surface area contributed by atoms with Crippen LogP contribution in [-0.2, 0) is 4.79 Å². The third-order valence-electron chi connectivity index (χ3n) is 1.46. The van der Waals surface area contributed by atoms with Gasteiger partial charge in [0.1, 0.15) is 6.54 Å². The normalized spacial score (nSPS) is 11.1. The minimum atomic E-state index is -4.36. The average molecular weight is 238 g/mol. The van der Waals surface area contributed by atoms with E-state index >= 15 is 0 Å². The van der Waals surface area contributed by atoms with E-state index < -0.39 is 18.6 Å². The summed E-state index contributed by atoms with van der Waals surface area (Å²) < 4.78 is 35.1. The summed E-state index contributed by atoms with van der Waals surface area (Å²) >= 11 is 1.43. The molecule has 0 spiro atoms. The van der Waals surface area contributed by atoms with Crippen molar-refractivity contribution < 1.29 is 18.0 Å². The van der Waals surface area contributed by atoms with E-state index in [1.165, 1.54) is 11.3 Å². The summed E-state index contributed by atoms with van der Waals surface area (Å²) in [4.78, 5) is 10.9. The summed E-state index contributed by atoms with van der Waals surface area (Å²) in [6.45, 7) is -1.45. The van der Waals surface area contributed by atoms with Crippen molar-refractivity contribution in [3.8, 4) is 0 Å². The number of nitrogens with one attached hydrogen (secondary N) is 2. The van der Waals surface area contributed by atoms with Gasteiger partial charge in [-0.05, 0) is 11.4 Å². The molecule has 1 aromatic rings. The number of rotatable bonds is 4. The van der Waals surface area contributed by atoms with Gasteiger partial charge in [0.15, 0.2) is 0 Å². The van der Waals surface area contributed by atoms with Crippen molar-refractivity contribution in [3.63, 3.8) is 0 Å². The second-order valence-electron chi connectivity index (χ2n) is 2.76. The zero-order valence-corrected chi connectivity index (χ0v) is 8.41. The fourth-order valence-corrected chi connectivity index (χ4v) is 1.42. The largest absolute Gasteiger partial charge is 0.405 e. The lowest BCUT2D eigenvalue weighted by Gasteiger charge is -2.08. The van der Waals surface area contributed by atoms with Crippen LogP contribution < -0.4 is 10.6 Å². The van der Waals surface area contributed by atoms with Crippen LogP contribution in [0.25, 0.3) is 0 Å². The highest BCUT2D eigenvalue weighted by Gasteiger charge is 2.27. The first-order valence-electron chi connectivity index (χ1n) is 4.07. The summed E-state index contributed by atoms with van der Waals surface area (Å²) in [5.41, 5.74) is 0.724. The van der Waals surface area contributed by atoms with E-state index in [2.05, 4.69) is 5.32 Å². The Morgan fingerprint density at radius 3 is 2.73 bits per heavy atom. The Balaban J connectivity index is 2.20. The minimum absolute atomic E-state index is 0.160. The van der Waals surface area contributed by atoms with Crippen molar-refractivity contribution in [2.45, 2.75) is 6.18 Å². The van der Waals surface area contributed by atoms with Crippen LogP contribution in [0.5, 0.6) is 0 Å². The van der Waals surface area contributed by atoms with Crippen molar-refractivity contribution in [3.05, 3.63) is 16.8 Å². The second-order valence-corrected chi connectivity index (χ2v) is 3.54. The lowest BCUT2D eigenvalue weighted by atomic mass is 10.5. The van der Waals surface area contributed by atoms with Crippen molar-refractivity contribution in [2.24, 2.45) is 0 Å². The highest BCUT2D eigenvalue weighted by Crippen LogP contribution is 2.12. The maximum absolute atomic E-state index is 11.7. The molecule has 0 aromatic carbocycles. The van der Waals surface area contributed by atoms with Gasteiger partial charge in [0.2, 0.25) is 5.91 Å². The van der Waals surface area contributed by atoms with E-state index in [0.717, 1.165) is 5.69 Å². The van der Waals surface area contributed by atoms with Gasteiger partial charge < -0.3 is 10.6 Å². The van der Waals surface area contributed by atoms with E-state index in [0.29, 0.717) is 0 Å². The molecule has 0 saturated heterocycles. The smallest absolute Gasteiger partial charge is 0.375 e. The van der Waals surface area contributed by atoms with Crippen molar-refractivity contribution in [1.29, 1.82) is 0 Å². The first-order chi connectivity index (χ1) is 6.97. The van der Waals surface area contributed by atoms with Gasteiger partial charge in [-0.3, -0.25) is 4.79 Å². The van der Waals surface area contributed by atoms with Crippen LogP contribution in [0.15, 0.2) is 16.8 Å². The van der Waals surface area contributed by atoms with Crippen LogP contribution in [0.2, 0.25) is 0 Å². The number of anilines is 1. The highest BCUT2D eigenvalue weighted by molar-refractivity contribution is 7.08. The molecular formula is C8H9F3N2OS. The van der Waals surface area contributed by atoms with Crippen molar-refractivity contribution >= 4 is 22.9 Å². The predicted molar refractivity (Wildman–Crippen MR) is 51.9 cm³/mol. The maximum atomic E-state index is 11.7. The monoisotopic (exact) mass is 238 g/mol. The van der Waals surface area contributed by atoms with Crippen molar-refractivity contribution in [2.75, 3.05) is 18.4 Å². The van der Waals surface area contributed by atoms with Crippen LogP contribution in [0, 0.1) is 0 Å². The zero-order chi connectivity index (χ0) is 11.3. The molecule has 7 heteroatoms. The number of alkyl halides is 3. The molecule has 1 heterocycles. The molecule has 0 radical (unpaired) electrons. The number of halogens is 3. The second kappa shape index (κ2) is 5.01. The van der Waals surface area contributed by atoms with E-state index in [1.807, 2.05) is 0 Å². The molecule has 1 amide bonds. The standard InChI is InChI=1S/C8H9F3N2OS/c9-8(10,11)5-13-7(14)3-12-6-1-2-15-4-6/h1-2,4,12H,3,5H2,(H,13,14). The van der Waals surface area contributed by atoms with E-state index in [-0.39, 0.29) is 6.54 Å². The van der Waals surface area contributed by atoms with Crippen molar-refractivity contribution in [1.82, 2.24) is 5.32 Å². The van der Waals surface area contributed by atoms with E-state index in [4.69, 9.17) is 0 Å². The molecule has 0 aliphatic heterocycles. The summed E-state index contributed by atoms with van der Waals surface area (Å²) in [6.07, 6.45) is -4.36. The fourth-order valence-electron chi connectivity index (χ4n) is 0.809. The molecule has 0 aliphatic rings. The van der Waals surface area contributed by atoms with Gasteiger partial charge in [-0.2, -0.15) is 24.5 Å². The van der Waals surface area contributed by atoms with Gasteiger partial charge >= 0.3 is 6.18 Å². The number of amides is 1. The Morgan fingerprint density at radius 1 is 1.47 bits per heavy atom. The predicted octanol–water partition coefficient (Wildman–Crippen LogP) is 1.84. The first-order valence-corrected chi connectivity index (χ1v) is 5.01. The van der Waals surface area contributed by atoms with Gasteiger partial charge in [-0.25, -0.2) is 0 Å². The molecule has 0 bridgehead atoms. The molecule has 15 heavy (non-hydrogen) atoms. The third-order valence-corrected chi connectivity index (χ3v) is 2.14. The lowest BCUT2D eigenvalue weighted by molar-refractivity contribution is -0.137. The first kappa shape index (κ1) is 11.8. The van der Waals surface area contributed by atoms with Crippen LogP contribution in [0.1, 0.15) is 0 Å². The number of hydrogen-bond donors (Lipinski definition) is 2. The maximum Gasteiger partial charge on any atom is 0.405 e. The number of carbonyl (C=O) groups is 1. The Hall–Kier alpha value is -1.24. The number of carbonyl (C=O) groups excluding carboxylic acids is 1. The molecule has 0 saturated carbocycles. The fraction of sp³-hybridized carbons (Fsp3) is 0.375. The van der Waals surface area contributed by atoms with Gasteiger partial charge in [0.05, 0.1) is 6.54 Å². The van der Waals surface area contributed by atoms with E-state index in [1.54, 1.807) is 22.1 Å². The Labute approximate surface area is 88.3 Å². The number of thiophene rings is 1. The Kier molecular flexibility index (Phi) is 3.96. The Morgan fingerprint density at radius 2 is 2.20 bits per heavy atom. The van der Waals surface area contributed by atoms with E-state index in [9.17, 15) is 18.0 Å². The summed E-state index contributed by atoms with van der Waals surface area (Å²) in [5.74, 6) is -0.682. The molecule has 0 atom stereocenters. The van der Waals surface area contributed by atoms with Gasteiger partial charge in [-0.15, -0.1) is 0 Å². The minimum Gasteiger partial charge on any atom is -0.375 e. The molecule has 0 fully saturated rings. The molecule has 0 unspecified atom stereocenters. The molecule has 0 aliphatic carbocycles. The quantitative estimate of drug-likeness (QED) is 0.840. The lowest BCUT2D eigenvalue weighted by Crippen LogP contribution is -2.37. The van der Waals surface area contributed by atoms with Gasteiger partial charge in [0.25, 0.3) is 0 Å². The van der Waals surface area contributed by atoms with Gasteiger partial charge in [-0.1, -0.05) is 0 Å². The van der Waals surface area contributed by atoms with Crippen LogP contribution in [-0.4, -0.2) is 25.2 Å². The molecule has 1 rings (SSSR count).